The fraction of sp³-hybridized carbons (Fsp3) is 0.500. The van der Waals surface area contributed by atoms with Gasteiger partial charge in [-0.1, -0.05) is 24.3 Å². The molecule has 1 heterocycles. The molecule has 0 spiro atoms. The molecule has 6 nitrogen and oxygen atoms in total. The second-order valence-electron chi connectivity index (χ2n) is 10.4. The van der Waals surface area contributed by atoms with E-state index in [2.05, 4.69) is 0 Å². The number of phenols is 1. The highest BCUT2D eigenvalue weighted by Crippen LogP contribution is 2.48. The van der Waals surface area contributed by atoms with Gasteiger partial charge in [-0.3, -0.25) is 9.59 Å². The molecule has 1 saturated heterocycles. The highest BCUT2D eigenvalue weighted by Gasteiger charge is 2.55. The molecule has 38 heavy (non-hydrogen) atoms. The van der Waals surface area contributed by atoms with Crippen molar-refractivity contribution in [3.63, 3.8) is 0 Å². The zero-order valence-corrected chi connectivity index (χ0v) is 21.8. The number of benzene rings is 2. The van der Waals surface area contributed by atoms with Gasteiger partial charge in [0.25, 0.3) is 0 Å². The molecule has 2 aromatic carbocycles. The van der Waals surface area contributed by atoms with Crippen molar-refractivity contribution in [1.82, 2.24) is 9.80 Å². The van der Waals surface area contributed by atoms with E-state index in [-0.39, 0.29) is 35.5 Å². The number of carbonyl (C=O) groups excluding carboxylic acids is 2. The Kier molecular flexibility index (Phi) is 9.54. The first-order valence-corrected chi connectivity index (χ1v) is 12.6. The number of hydrogen-bond acceptors (Lipinski definition) is 5. The van der Waals surface area contributed by atoms with E-state index in [0.29, 0.717) is 13.0 Å². The van der Waals surface area contributed by atoms with E-state index in [1.54, 1.807) is 4.90 Å². The maximum absolute atomic E-state index is 14.7. The number of primary amides is 1. The van der Waals surface area contributed by atoms with Crippen LogP contribution >= 0.6 is 0 Å². The fourth-order valence-corrected chi connectivity index (χ4v) is 5.60. The van der Waals surface area contributed by atoms with Gasteiger partial charge >= 0.3 is 6.18 Å². The van der Waals surface area contributed by atoms with Crippen molar-refractivity contribution < 1.29 is 32.3 Å². The quantitative estimate of drug-likeness (QED) is 0.267. The number of rotatable bonds is 10. The van der Waals surface area contributed by atoms with Gasteiger partial charge in [0.15, 0.2) is 5.78 Å². The van der Waals surface area contributed by atoms with Crippen LogP contribution < -0.4 is 5.73 Å². The van der Waals surface area contributed by atoms with Crippen molar-refractivity contribution in [3.05, 3.63) is 65.0 Å². The second kappa shape index (κ2) is 12.3. The number of Topliss-reactive ketones (excluding diaryl/α,β-unsaturated/α-hetero) is 1. The Labute approximate surface area is 220 Å². The number of aromatic hydroxyl groups is 1. The van der Waals surface area contributed by atoms with Crippen LogP contribution in [0.5, 0.6) is 5.75 Å². The summed E-state index contributed by atoms with van der Waals surface area (Å²) in [6.45, 7) is 2.67. The molecule has 0 bridgehead atoms. The molecular weight excluding hydrogens is 502 g/mol. The first kappa shape index (κ1) is 29.6. The van der Waals surface area contributed by atoms with Gasteiger partial charge in [0, 0.05) is 30.5 Å². The van der Waals surface area contributed by atoms with Crippen LogP contribution in [-0.4, -0.2) is 73.0 Å². The van der Waals surface area contributed by atoms with Crippen molar-refractivity contribution in [2.75, 3.05) is 40.3 Å². The average molecular weight is 538 g/mol. The fourth-order valence-electron chi connectivity index (χ4n) is 5.60. The minimum atomic E-state index is -4.96. The lowest BCUT2D eigenvalue weighted by Crippen LogP contribution is -2.55. The number of piperidine rings is 1. The first-order chi connectivity index (χ1) is 17.8. The number of nitrogens with two attached hydrogens (primary N) is 1. The van der Waals surface area contributed by atoms with E-state index in [9.17, 15) is 32.3 Å². The second-order valence-corrected chi connectivity index (χ2v) is 10.4. The number of likely N-dealkylation sites (tertiary alicyclic amines) is 1. The van der Waals surface area contributed by atoms with E-state index in [0.717, 1.165) is 13.0 Å². The van der Waals surface area contributed by atoms with Gasteiger partial charge in [0.05, 0.1) is 0 Å². The molecular formula is C28H35F4N3O3. The summed E-state index contributed by atoms with van der Waals surface area (Å²) in [7, 11) is 3.85. The molecule has 208 valence electrons. The number of halogens is 4. The Morgan fingerprint density at radius 3 is 2.42 bits per heavy atom. The van der Waals surface area contributed by atoms with Gasteiger partial charge < -0.3 is 20.6 Å². The summed E-state index contributed by atoms with van der Waals surface area (Å²) in [6, 6.07) is 9.72. The van der Waals surface area contributed by atoms with Crippen molar-refractivity contribution >= 4 is 11.7 Å². The summed E-state index contributed by atoms with van der Waals surface area (Å²) < 4.78 is 57.7. The van der Waals surface area contributed by atoms with Gasteiger partial charge in [-0.25, -0.2) is 4.39 Å². The van der Waals surface area contributed by atoms with Crippen LogP contribution in [0.25, 0.3) is 0 Å². The smallest absolute Gasteiger partial charge is 0.400 e. The lowest BCUT2D eigenvalue weighted by Gasteiger charge is -2.46. The third kappa shape index (κ3) is 6.91. The Bertz CT molecular complexity index is 1140. The Balaban J connectivity index is 2.14. The van der Waals surface area contributed by atoms with Gasteiger partial charge in [-0.15, -0.1) is 0 Å². The molecule has 1 amide bonds. The van der Waals surface area contributed by atoms with Crippen LogP contribution in [0.3, 0.4) is 0 Å². The van der Waals surface area contributed by atoms with Crippen molar-refractivity contribution in [1.29, 1.82) is 0 Å². The summed E-state index contributed by atoms with van der Waals surface area (Å²) in [5.41, 5.74) is 5.84. The molecule has 0 aromatic heterocycles. The predicted molar refractivity (Wildman–Crippen MR) is 136 cm³/mol. The molecule has 0 aliphatic carbocycles. The zero-order valence-electron chi connectivity index (χ0n) is 21.8. The molecule has 0 radical (unpaired) electrons. The molecule has 3 N–H and O–H groups in total. The van der Waals surface area contributed by atoms with Gasteiger partial charge in [-0.05, 0) is 82.2 Å². The van der Waals surface area contributed by atoms with Gasteiger partial charge in [-0.2, -0.15) is 13.2 Å². The normalized spacial score (nSPS) is 21.4. The highest BCUT2D eigenvalue weighted by atomic mass is 19.4. The minimum Gasteiger partial charge on any atom is -0.508 e. The molecule has 1 fully saturated rings. The summed E-state index contributed by atoms with van der Waals surface area (Å²) in [4.78, 5) is 29.9. The molecule has 10 heteroatoms. The van der Waals surface area contributed by atoms with E-state index >= 15 is 0 Å². The van der Waals surface area contributed by atoms with E-state index in [4.69, 9.17) is 5.73 Å². The van der Waals surface area contributed by atoms with Crippen LogP contribution in [0.4, 0.5) is 17.6 Å². The topological polar surface area (TPSA) is 86.9 Å². The molecule has 3 rings (SSSR count). The lowest BCUT2D eigenvalue weighted by atomic mass is 9.65. The molecule has 1 aliphatic heterocycles. The number of alkyl halides is 3. The standard InChI is InChI=1S/C28H35F4N3O3/c1-17-20(10-7-11-23(17)29)24-21(25(27(33)38)28(30,31)32)15-35(13-5-4-12-34(2)3)16-22(24)26(37)18-8-6-9-19(36)14-18/h6-11,14,21-22,24-25,36H,4-5,12-13,15-16H2,1-3H3,(H2,33,38). The first-order valence-electron chi connectivity index (χ1n) is 12.6. The Hall–Kier alpha value is -2.98. The summed E-state index contributed by atoms with van der Waals surface area (Å²) in [5, 5.41) is 9.96. The number of carbonyl (C=O) groups is 2. The molecule has 1 aliphatic rings. The molecule has 4 atom stereocenters. The van der Waals surface area contributed by atoms with Crippen LogP contribution in [0.2, 0.25) is 0 Å². The van der Waals surface area contributed by atoms with E-state index < -0.39 is 47.4 Å². The Morgan fingerprint density at radius 2 is 1.82 bits per heavy atom. The third-order valence-corrected chi connectivity index (χ3v) is 7.37. The summed E-state index contributed by atoms with van der Waals surface area (Å²) in [6.07, 6.45) is -3.48. The van der Waals surface area contributed by atoms with Crippen molar-refractivity contribution in [2.24, 2.45) is 23.5 Å². The predicted octanol–water partition coefficient (Wildman–Crippen LogP) is 4.36. The van der Waals surface area contributed by atoms with Crippen LogP contribution in [0, 0.1) is 30.5 Å². The average Bonchev–Trinajstić information content (AvgIpc) is 2.82. The number of phenolic OH excluding ortho intramolecular Hbond substituents is 1. The number of ketones is 1. The van der Waals surface area contributed by atoms with Crippen molar-refractivity contribution in [3.8, 4) is 5.75 Å². The number of hydrogen-bond donors (Lipinski definition) is 2. The van der Waals surface area contributed by atoms with Gasteiger partial charge in [0.1, 0.15) is 17.5 Å². The van der Waals surface area contributed by atoms with E-state index in [1.165, 1.54) is 49.4 Å². The number of amides is 1. The minimum absolute atomic E-state index is 0.122. The van der Waals surface area contributed by atoms with Crippen LogP contribution in [0.15, 0.2) is 42.5 Å². The molecule has 0 saturated carbocycles. The SMILES string of the molecule is Cc1c(F)cccc1C1C(C(=O)c2cccc(O)c2)CN(CCCCN(C)C)CC1C(C(N)=O)C(F)(F)F. The maximum Gasteiger partial charge on any atom is 0.400 e. The van der Waals surface area contributed by atoms with Crippen LogP contribution in [0.1, 0.15) is 40.2 Å². The maximum atomic E-state index is 14.7. The summed E-state index contributed by atoms with van der Waals surface area (Å²) >= 11 is 0. The van der Waals surface area contributed by atoms with E-state index in [1.807, 2.05) is 19.0 Å². The largest absolute Gasteiger partial charge is 0.508 e. The van der Waals surface area contributed by atoms with Crippen molar-refractivity contribution in [2.45, 2.75) is 31.9 Å². The molecule has 4 unspecified atom stereocenters. The van der Waals surface area contributed by atoms with Gasteiger partial charge in [0.2, 0.25) is 5.91 Å². The zero-order chi connectivity index (χ0) is 28.2. The van der Waals surface area contributed by atoms with Crippen LogP contribution in [-0.2, 0) is 4.79 Å². The highest BCUT2D eigenvalue weighted by molar-refractivity contribution is 5.99. The third-order valence-electron chi connectivity index (χ3n) is 7.37. The number of unbranched alkanes of at least 4 members (excludes halogenated alkanes) is 1. The Morgan fingerprint density at radius 1 is 1.13 bits per heavy atom. The lowest BCUT2D eigenvalue weighted by molar-refractivity contribution is -0.198. The number of nitrogens with zero attached hydrogens (tertiary/aromatic N) is 2. The summed E-state index contributed by atoms with van der Waals surface area (Å²) in [5.74, 6) is -8.89. The molecule has 2 aromatic rings. The monoisotopic (exact) mass is 537 g/mol.